The van der Waals surface area contributed by atoms with Crippen LogP contribution in [-0.2, 0) is 6.18 Å². The van der Waals surface area contributed by atoms with E-state index in [2.05, 4.69) is 4.98 Å². The maximum absolute atomic E-state index is 12.6. The van der Waals surface area contributed by atoms with Crippen LogP contribution in [0.4, 0.5) is 13.2 Å². The molecule has 0 saturated carbocycles. The van der Waals surface area contributed by atoms with Gasteiger partial charge in [0.05, 0.1) is 21.3 Å². The Kier molecular flexibility index (Phi) is 3.60. The highest BCUT2D eigenvalue weighted by atomic mass is 35.5. The molecule has 0 aliphatic rings. The van der Waals surface area contributed by atoms with Gasteiger partial charge in [-0.3, -0.25) is 4.79 Å². The molecule has 0 aliphatic heterocycles. The van der Waals surface area contributed by atoms with Gasteiger partial charge in [0, 0.05) is 11.6 Å². The zero-order valence-electron chi connectivity index (χ0n) is 9.18. The number of H-pyrrole nitrogens is 1. The van der Waals surface area contributed by atoms with Crippen LogP contribution >= 0.6 is 23.2 Å². The summed E-state index contributed by atoms with van der Waals surface area (Å²) in [5.41, 5.74) is -1.70. The molecule has 0 radical (unpaired) electrons. The summed E-state index contributed by atoms with van der Waals surface area (Å²) < 4.78 is 37.9. The second-order valence-electron chi connectivity index (χ2n) is 3.75. The molecule has 1 N–H and O–H groups in total. The zero-order valence-corrected chi connectivity index (χ0v) is 10.7. The standard InChI is InChI=1S/C12H6Cl2F3NO/c13-8-3-1-2-7(11(8)14)9-4-6(12(15,16)17)5-10(19)18-9/h1-5H,(H,18,19). The van der Waals surface area contributed by atoms with Crippen molar-refractivity contribution in [3.05, 3.63) is 56.3 Å². The average molecular weight is 308 g/mol. The van der Waals surface area contributed by atoms with Crippen LogP contribution in [0, 0.1) is 0 Å². The van der Waals surface area contributed by atoms with Crippen molar-refractivity contribution in [2.45, 2.75) is 6.18 Å². The number of halogens is 5. The lowest BCUT2D eigenvalue weighted by molar-refractivity contribution is -0.137. The van der Waals surface area contributed by atoms with Gasteiger partial charge in [-0.25, -0.2) is 0 Å². The summed E-state index contributed by atoms with van der Waals surface area (Å²) in [7, 11) is 0. The van der Waals surface area contributed by atoms with Gasteiger partial charge in [0.15, 0.2) is 0 Å². The van der Waals surface area contributed by atoms with Gasteiger partial charge in [-0.2, -0.15) is 13.2 Å². The third kappa shape index (κ3) is 2.93. The molecule has 1 aromatic carbocycles. The topological polar surface area (TPSA) is 32.9 Å². The highest BCUT2D eigenvalue weighted by molar-refractivity contribution is 6.43. The van der Waals surface area contributed by atoms with Crippen molar-refractivity contribution in [1.82, 2.24) is 4.98 Å². The lowest BCUT2D eigenvalue weighted by Crippen LogP contribution is -2.13. The average Bonchev–Trinajstić information content (AvgIpc) is 2.31. The molecule has 2 aromatic rings. The molecule has 0 amide bonds. The van der Waals surface area contributed by atoms with E-state index in [0.29, 0.717) is 6.07 Å². The number of pyridine rings is 1. The number of rotatable bonds is 1. The number of aromatic nitrogens is 1. The summed E-state index contributed by atoms with van der Waals surface area (Å²) >= 11 is 11.7. The van der Waals surface area contributed by atoms with Crippen molar-refractivity contribution < 1.29 is 13.2 Å². The lowest BCUT2D eigenvalue weighted by atomic mass is 10.1. The van der Waals surface area contributed by atoms with Crippen LogP contribution in [0.3, 0.4) is 0 Å². The van der Waals surface area contributed by atoms with E-state index in [1.54, 1.807) is 0 Å². The van der Waals surface area contributed by atoms with E-state index in [-0.39, 0.29) is 21.3 Å². The lowest BCUT2D eigenvalue weighted by Gasteiger charge is -2.10. The molecular formula is C12H6Cl2F3NO. The summed E-state index contributed by atoms with van der Waals surface area (Å²) in [6.45, 7) is 0. The van der Waals surface area contributed by atoms with E-state index in [4.69, 9.17) is 23.2 Å². The fourth-order valence-electron chi connectivity index (χ4n) is 1.56. The minimum absolute atomic E-state index is 0.0349. The third-order valence-electron chi connectivity index (χ3n) is 2.41. The minimum Gasteiger partial charge on any atom is -0.322 e. The Morgan fingerprint density at radius 3 is 2.42 bits per heavy atom. The Labute approximate surface area is 115 Å². The van der Waals surface area contributed by atoms with Crippen LogP contribution in [-0.4, -0.2) is 4.98 Å². The van der Waals surface area contributed by atoms with Gasteiger partial charge >= 0.3 is 6.18 Å². The maximum atomic E-state index is 12.6. The van der Waals surface area contributed by atoms with E-state index in [1.165, 1.54) is 18.2 Å². The van der Waals surface area contributed by atoms with Crippen LogP contribution in [0.25, 0.3) is 11.3 Å². The molecule has 100 valence electrons. The molecule has 0 saturated heterocycles. The molecule has 0 aliphatic carbocycles. The fraction of sp³-hybridized carbons (Fsp3) is 0.0833. The Bertz CT molecular complexity index is 679. The largest absolute Gasteiger partial charge is 0.416 e. The zero-order chi connectivity index (χ0) is 14.2. The van der Waals surface area contributed by atoms with Gasteiger partial charge in [-0.1, -0.05) is 35.3 Å². The summed E-state index contributed by atoms with van der Waals surface area (Å²) in [5.74, 6) is 0. The third-order valence-corrected chi connectivity index (χ3v) is 3.23. The van der Waals surface area contributed by atoms with Gasteiger partial charge in [-0.05, 0) is 12.1 Å². The van der Waals surface area contributed by atoms with Crippen molar-refractivity contribution in [2.75, 3.05) is 0 Å². The van der Waals surface area contributed by atoms with Gasteiger partial charge < -0.3 is 4.98 Å². The monoisotopic (exact) mass is 307 g/mol. The molecule has 7 heteroatoms. The Hall–Kier alpha value is -1.46. The molecule has 0 spiro atoms. The van der Waals surface area contributed by atoms with Crippen molar-refractivity contribution in [3.63, 3.8) is 0 Å². The number of benzene rings is 1. The second kappa shape index (κ2) is 4.90. The van der Waals surface area contributed by atoms with E-state index in [1.807, 2.05) is 0 Å². The quantitative estimate of drug-likeness (QED) is 0.834. The first kappa shape index (κ1) is 14.0. The Morgan fingerprint density at radius 2 is 1.79 bits per heavy atom. The molecule has 0 fully saturated rings. The van der Waals surface area contributed by atoms with Gasteiger partial charge in [0.1, 0.15) is 0 Å². The smallest absolute Gasteiger partial charge is 0.322 e. The molecule has 0 unspecified atom stereocenters. The molecular weight excluding hydrogens is 302 g/mol. The van der Waals surface area contributed by atoms with E-state index in [9.17, 15) is 18.0 Å². The number of nitrogens with one attached hydrogen (secondary N) is 1. The molecule has 1 aromatic heterocycles. The molecule has 0 atom stereocenters. The summed E-state index contributed by atoms with van der Waals surface area (Å²) in [6.07, 6.45) is -4.60. The molecule has 1 heterocycles. The molecule has 2 nitrogen and oxygen atoms in total. The predicted molar refractivity (Wildman–Crippen MR) is 67.5 cm³/mol. The van der Waals surface area contributed by atoms with E-state index >= 15 is 0 Å². The van der Waals surface area contributed by atoms with Crippen LogP contribution in [0.15, 0.2) is 35.1 Å². The van der Waals surface area contributed by atoms with Gasteiger partial charge in [0.25, 0.3) is 0 Å². The number of aromatic amines is 1. The predicted octanol–water partition coefficient (Wildman–Crippen LogP) is 4.37. The van der Waals surface area contributed by atoms with E-state index < -0.39 is 17.3 Å². The van der Waals surface area contributed by atoms with Crippen molar-refractivity contribution >= 4 is 23.2 Å². The van der Waals surface area contributed by atoms with Crippen molar-refractivity contribution in [3.8, 4) is 11.3 Å². The SMILES string of the molecule is O=c1cc(C(F)(F)F)cc(-c2cccc(Cl)c2Cl)[nH]1. The van der Waals surface area contributed by atoms with Crippen LogP contribution in [0.2, 0.25) is 10.0 Å². The fourth-order valence-corrected chi connectivity index (χ4v) is 1.97. The Balaban J connectivity index is 2.67. The van der Waals surface area contributed by atoms with Crippen molar-refractivity contribution in [2.24, 2.45) is 0 Å². The summed E-state index contributed by atoms with van der Waals surface area (Å²) in [5, 5.41) is 0.275. The van der Waals surface area contributed by atoms with Crippen LogP contribution in [0.1, 0.15) is 5.56 Å². The van der Waals surface area contributed by atoms with Crippen LogP contribution in [0.5, 0.6) is 0 Å². The Morgan fingerprint density at radius 1 is 1.11 bits per heavy atom. The highest BCUT2D eigenvalue weighted by Crippen LogP contribution is 2.35. The normalized spacial score (nSPS) is 11.6. The molecule has 19 heavy (non-hydrogen) atoms. The maximum Gasteiger partial charge on any atom is 0.416 e. The number of hydrogen-bond donors (Lipinski definition) is 1. The van der Waals surface area contributed by atoms with Crippen molar-refractivity contribution in [1.29, 1.82) is 0 Å². The number of alkyl halides is 3. The minimum atomic E-state index is -4.60. The molecule has 0 bridgehead atoms. The summed E-state index contributed by atoms with van der Waals surface area (Å²) in [4.78, 5) is 13.6. The summed E-state index contributed by atoms with van der Waals surface area (Å²) in [6, 6.07) is 5.81. The second-order valence-corrected chi connectivity index (χ2v) is 4.53. The first-order valence-corrected chi connectivity index (χ1v) is 5.80. The van der Waals surface area contributed by atoms with Gasteiger partial charge in [-0.15, -0.1) is 0 Å². The molecule has 2 rings (SSSR count). The highest BCUT2D eigenvalue weighted by Gasteiger charge is 2.31. The first-order chi connectivity index (χ1) is 8.79. The van der Waals surface area contributed by atoms with Gasteiger partial charge in [0.2, 0.25) is 5.56 Å². The number of hydrogen-bond acceptors (Lipinski definition) is 1. The van der Waals surface area contributed by atoms with Crippen LogP contribution < -0.4 is 5.56 Å². The first-order valence-electron chi connectivity index (χ1n) is 5.05. The van der Waals surface area contributed by atoms with E-state index in [0.717, 1.165) is 6.07 Å².